The number of pyridine rings is 1. The normalized spacial score (nSPS) is 19.6. The van der Waals surface area contributed by atoms with Gasteiger partial charge in [-0.15, -0.1) is 0 Å². The van der Waals surface area contributed by atoms with Gasteiger partial charge in [-0.2, -0.15) is 5.10 Å². The fourth-order valence-electron chi connectivity index (χ4n) is 12.0. The number of carboxylic acid groups (broad SMARTS) is 1. The van der Waals surface area contributed by atoms with Crippen molar-refractivity contribution < 1.29 is 24.2 Å². The third kappa shape index (κ3) is 10.1. The van der Waals surface area contributed by atoms with Crippen LogP contribution in [0.4, 0.5) is 16.6 Å². The number of rotatable bonds is 15. The first kappa shape index (κ1) is 48.4. The molecular formula is C58H65N9O5S. The summed E-state index contributed by atoms with van der Waals surface area (Å²) in [4.78, 5) is 54.3. The van der Waals surface area contributed by atoms with Crippen LogP contribution in [0.5, 0.6) is 5.75 Å². The number of anilines is 3. The van der Waals surface area contributed by atoms with Crippen LogP contribution in [0, 0.1) is 19.8 Å². The number of piperazine rings is 1. The van der Waals surface area contributed by atoms with Crippen molar-refractivity contribution in [2.75, 3.05) is 54.4 Å². The van der Waals surface area contributed by atoms with Gasteiger partial charge >= 0.3 is 5.97 Å². The number of piperidine rings is 1. The van der Waals surface area contributed by atoms with Crippen molar-refractivity contribution in [2.45, 2.75) is 103 Å². The first-order valence-corrected chi connectivity index (χ1v) is 27.1. The Morgan fingerprint density at radius 3 is 2.45 bits per heavy atom. The Kier molecular flexibility index (Phi) is 13.9. The van der Waals surface area contributed by atoms with E-state index in [9.17, 15) is 19.5 Å². The number of nitrogens with one attached hydrogen (secondary N) is 2. The largest absolute Gasteiger partial charge is 0.490 e. The first-order valence-electron chi connectivity index (χ1n) is 26.3. The first-order chi connectivity index (χ1) is 35.5. The van der Waals surface area contributed by atoms with E-state index in [1.165, 1.54) is 47.2 Å². The monoisotopic (exact) mass is 999 g/mol. The molecule has 7 aromatic rings. The van der Waals surface area contributed by atoms with Gasteiger partial charge in [0.15, 0.2) is 10.8 Å². The summed E-state index contributed by atoms with van der Waals surface area (Å²) in [6, 6.07) is 28.8. The van der Waals surface area contributed by atoms with Gasteiger partial charge in [0, 0.05) is 75.9 Å². The summed E-state index contributed by atoms with van der Waals surface area (Å²) < 4.78 is 9.77. The Bertz CT molecular complexity index is 3170. The lowest BCUT2D eigenvalue weighted by Crippen LogP contribution is -2.46. The average Bonchev–Trinajstić information content (AvgIpc) is 3.98. The Morgan fingerprint density at radius 1 is 0.822 bits per heavy atom. The average molecular weight is 1000 g/mol. The van der Waals surface area contributed by atoms with E-state index in [0.717, 1.165) is 120 Å². The zero-order valence-corrected chi connectivity index (χ0v) is 43.0. The molecule has 3 aromatic heterocycles. The molecule has 15 heteroatoms. The van der Waals surface area contributed by atoms with Crippen molar-refractivity contribution >= 4 is 66.9 Å². The number of carbonyl (C=O) groups excluding carboxylic acids is 2. The predicted octanol–water partition coefficient (Wildman–Crippen LogP) is 10.2. The molecule has 3 N–H and O–H groups in total. The fraction of sp³-hybridized carbons (Fsp3) is 0.414. The number of hydrogen-bond donors (Lipinski definition) is 3. The van der Waals surface area contributed by atoms with Crippen LogP contribution in [0.1, 0.15) is 108 Å². The SMILES string of the molecule is Cc1c(O[C@H]2CC[C@H](CCCCN3CCN(c4ccc5c(C6CCC(=O)NC6=O)nn(C)c5c4C)CC3)CC2)cccc1-c1ccc(N2CCc3cccc(CNc4nc5ccccc5s4)c3C2)nc1C(=O)O. The van der Waals surface area contributed by atoms with Gasteiger partial charge in [0.05, 0.1) is 33.4 Å². The molecule has 0 bridgehead atoms. The molecule has 6 heterocycles. The zero-order valence-electron chi connectivity index (χ0n) is 42.2. The molecule has 0 spiro atoms. The molecule has 1 saturated carbocycles. The number of nitrogens with zero attached hydrogens (tertiary/aromatic N) is 7. The van der Waals surface area contributed by atoms with Crippen LogP contribution in [-0.4, -0.2) is 92.9 Å². The summed E-state index contributed by atoms with van der Waals surface area (Å²) in [5, 5.41) is 23.3. The van der Waals surface area contributed by atoms with Crippen LogP contribution in [0.3, 0.4) is 0 Å². The number of aromatic carboxylic acids is 1. The maximum Gasteiger partial charge on any atom is 0.355 e. The van der Waals surface area contributed by atoms with Crippen LogP contribution in [0.2, 0.25) is 0 Å². The van der Waals surface area contributed by atoms with Gasteiger partial charge in [-0.25, -0.2) is 14.8 Å². The van der Waals surface area contributed by atoms with Crippen LogP contribution >= 0.6 is 11.3 Å². The molecule has 4 aromatic carbocycles. The van der Waals surface area contributed by atoms with E-state index < -0.39 is 11.9 Å². The van der Waals surface area contributed by atoms with Crippen molar-refractivity contribution in [2.24, 2.45) is 13.0 Å². The number of thiazole rings is 1. The van der Waals surface area contributed by atoms with Gasteiger partial charge in [-0.05, 0) is 147 Å². The molecule has 1 aliphatic carbocycles. The second-order valence-electron chi connectivity index (χ2n) is 20.6. The lowest BCUT2D eigenvalue weighted by atomic mass is 9.84. The molecule has 2 amide bonds. The Hall–Kier alpha value is -6.84. The van der Waals surface area contributed by atoms with Crippen molar-refractivity contribution in [3.05, 3.63) is 124 Å². The van der Waals surface area contributed by atoms with Crippen LogP contribution in [0.15, 0.2) is 84.9 Å². The number of imide groups is 1. The quantitative estimate of drug-likeness (QED) is 0.0661. The molecule has 1 unspecified atom stereocenters. The number of aryl methyl sites for hydroxylation is 2. The van der Waals surface area contributed by atoms with E-state index >= 15 is 0 Å². The summed E-state index contributed by atoms with van der Waals surface area (Å²) in [5.74, 6) is 0.285. The predicted molar refractivity (Wildman–Crippen MR) is 289 cm³/mol. The molecule has 3 fully saturated rings. The third-order valence-corrected chi connectivity index (χ3v) is 17.0. The maximum atomic E-state index is 12.9. The fourth-order valence-corrected chi connectivity index (χ4v) is 12.9. The highest BCUT2D eigenvalue weighted by molar-refractivity contribution is 7.22. The van der Waals surface area contributed by atoms with Gasteiger partial charge in [0.2, 0.25) is 11.8 Å². The van der Waals surface area contributed by atoms with Crippen LogP contribution < -0.4 is 25.2 Å². The van der Waals surface area contributed by atoms with Gasteiger partial charge in [-0.3, -0.25) is 24.5 Å². The summed E-state index contributed by atoms with van der Waals surface area (Å²) >= 11 is 1.66. The van der Waals surface area contributed by atoms with E-state index in [-0.39, 0.29) is 23.6 Å². The topological polar surface area (TPSA) is 158 Å². The Labute approximate surface area is 430 Å². The summed E-state index contributed by atoms with van der Waals surface area (Å²) in [6.07, 6.45) is 9.88. The minimum atomic E-state index is -1.04. The number of unbranched alkanes of at least 4 members (excludes halogenated alkanes) is 1. The smallest absolute Gasteiger partial charge is 0.355 e. The van der Waals surface area contributed by atoms with Crippen LogP contribution in [-0.2, 0) is 36.1 Å². The maximum absolute atomic E-state index is 12.9. The number of benzene rings is 4. The van der Waals surface area contributed by atoms with E-state index in [0.29, 0.717) is 43.2 Å². The number of carboxylic acids is 1. The minimum absolute atomic E-state index is 0.0516. The standard InChI is InChI=1S/C58H65N9O5S/c1-36-42(43-22-25-51(61-54(43)57(70)71)67-29-27-39-11-8-12-40(46(39)35-67)34-59-58-60-47-14-4-5-16-50(47)73-58)13-9-15-49(36)72-41-19-17-38(18-20-41)10-6-7-28-65-30-32-66(33-31-65)48-24-21-44-53(63-64(3)55(44)37(48)2)45-23-26-52(68)62-56(45)69/h4-5,8-9,11-16,21-22,24-25,38,41,45H,6-7,10,17-20,23,26-35H2,1-3H3,(H,59,60)(H,70,71)(H,62,68,69)/t38-,41-,45?. The number of carbonyl (C=O) groups is 3. The molecule has 11 rings (SSSR count). The summed E-state index contributed by atoms with van der Waals surface area (Å²) in [6.45, 7) is 11.4. The zero-order chi connectivity index (χ0) is 50.2. The van der Waals surface area contributed by atoms with E-state index in [1.807, 2.05) is 67.2 Å². The molecule has 14 nitrogen and oxygen atoms in total. The number of para-hydroxylation sites is 1. The number of fused-ring (bicyclic) bond motifs is 3. The van der Waals surface area contributed by atoms with Crippen molar-refractivity contribution in [3.8, 4) is 16.9 Å². The lowest BCUT2D eigenvalue weighted by Gasteiger charge is -2.37. The summed E-state index contributed by atoms with van der Waals surface area (Å²) in [5.41, 5.74) is 11.4. The molecule has 1 atom stereocenters. The molecule has 378 valence electrons. The number of amides is 2. The number of ether oxygens (including phenoxy) is 1. The highest BCUT2D eigenvalue weighted by Crippen LogP contribution is 2.39. The van der Waals surface area contributed by atoms with E-state index in [2.05, 4.69) is 68.7 Å². The number of aromatic nitrogens is 4. The number of hydrogen-bond acceptors (Lipinski definition) is 12. The van der Waals surface area contributed by atoms with E-state index in [1.54, 1.807) is 11.3 Å². The van der Waals surface area contributed by atoms with Crippen LogP contribution in [0.25, 0.3) is 32.2 Å². The highest BCUT2D eigenvalue weighted by Gasteiger charge is 2.33. The lowest BCUT2D eigenvalue weighted by molar-refractivity contribution is -0.134. The van der Waals surface area contributed by atoms with Crippen molar-refractivity contribution in [1.29, 1.82) is 0 Å². The van der Waals surface area contributed by atoms with Crippen molar-refractivity contribution in [3.63, 3.8) is 0 Å². The second-order valence-corrected chi connectivity index (χ2v) is 21.6. The second kappa shape index (κ2) is 20.9. The Morgan fingerprint density at radius 2 is 1.64 bits per heavy atom. The Balaban J connectivity index is 0.646. The minimum Gasteiger partial charge on any atom is -0.490 e. The summed E-state index contributed by atoms with van der Waals surface area (Å²) in [7, 11) is 1.95. The van der Waals surface area contributed by atoms with E-state index in [4.69, 9.17) is 19.8 Å². The van der Waals surface area contributed by atoms with Gasteiger partial charge in [0.25, 0.3) is 0 Å². The molecular weight excluding hydrogens is 935 g/mol. The molecule has 0 radical (unpaired) electrons. The highest BCUT2D eigenvalue weighted by atomic mass is 32.1. The molecule has 73 heavy (non-hydrogen) atoms. The van der Waals surface area contributed by atoms with Gasteiger partial charge in [-0.1, -0.05) is 66.6 Å². The van der Waals surface area contributed by atoms with Crippen molar-refractivity contribution in [1.82, 2.24) is 30.0 Å². The molecule has 4 aliphatic rings. The van der Waals surface area contributed by atoms with Gasteiger partial charge < -0.3 is 25.0 Å². The third-order valence-electron chi connectivity index (χ3n) is 16.0. The van der Waals surface area contributed by atoms with Gasteiger partial charge in [0.1, 0.15) is 11.6 Å². The molecule has 3 aliphatic heterocycles. The molecule has 2 saturated heterocycles.